The summed E-state index contributed by atoms with van der Waals surface area (Å²) in [6, 6.07) is 7.53. The molecule has 0 aliphatic heterocycles. The molecule has 0 unspecified atom stereocenters. The maximum Gasteiger partial charge on any atom is 0.252 e. The Hall–Kier alpha value is -3.40. The second kappa shape index (κ2) is 7.13. The van der Waals surface area contributed by atoms with Crippen molar-refractivity contribution in [1.29, 1.82) is 0 Å². The lowest BCUT2D eigenvalue weighted by Gasteiger charge is -2.09. The Bertz CT molecular complexity index is 1320. The van der Waals surface area contributed by atoms with Crippen LogP contribution in [0.5, 0.6) is 0 Å². The van der Waals surface area contributed by atoms with Crippen molar-refractivity contribution < 1.29 is 4.79 Å². The second-order valence-corrected chi connectivity index (χ2v) is 7.83. The van der Waals surface area contributed by atoms with Gasteiger partial charge in [0.2, 0.25) is 0 Å². The topological polar surface area (TPSA) is 106 Å². The van der Waals surface area contributed by atoms with Gasteiger partial charge in [-0.1, -0.05) is 6.07 Å². The first kappa shape index (κ1) is 18.6. The monoisotopic (exact) mass is 420 g/mol. The van der Waals surface area contributed by atoms with Crippen LogP contribution in [0.1, 0.15) is 46.3 Å². The zero-order chi connectivity index (χ0) is 20.8. The maximum absolute atomic E-state index is 13.2. The SMILES string of the molecule is Cc1nn(-c2ccccn2)c2nc(C3CC3)cc(C(=O)NCc3n[nH]c(=S)n3C)c12. The van der Waals surface area contributed by atoms with Crippen molar-refractivity contribution in [3.8, 4) is 5.82 Å². The Morgan fingerprint density at radius 1 is 1.37 bits per heavy atom. The summed E-state index contributed by atoms with van der Waals surface area (Å²) in [6.45, 7) is 2.15. The molecule has 1 aliphatic rings. The standard InChI is InChI=1S/C20H20N8OS/c1-11-17-13(19(29)22-10-16-24-25-20(30)27(16)2)9-14(12-6-7-12)23-18(17)28(26-11)15-5-3-4-8-21-15/h3-5,8-9,12H,6-7,10H2,1-2H3,(H,22,29)(H,25,30). The molecule has 10 heteroatoms. The number of H-pyrrole nitrogens is 1. The van der Waals surface area contributed by atoms with Crippen molar-refractivity contribution in [2.45, 2.75) is 32.2 Å². The number of amides is 1. The van der Waals surface area contributed by atoms with Crippen LogP contribution >= 0.6 is 12.2 Å². The van der Waals surface area contributed by atoms with Gasteiger partial charge in [-0.2, -0.15) is 14.9 Å². The van der Waals surface area contributed by atoms with Crippen molar-refractivity contribution in [1.82, 2.24) is 39.8 Å². The number of aromatic nitrogens is 7. The minimum atomic E-state index is -0.193. The summed E-state index contributed by atoms with van der Waals surface area (Å²) in [5.41, 5.74) is 2.87. The number of carbonyl (C=O) groups is 1. The lowest BCUT2D eigenvalue weighted by Crippen LogP contribution is -2.25. The molecule has 0 atom stereocenters. The van der Waals surface area contributed by atoms with Crippen LogP contribution < -0.4 is 5.32 Å². The molecule has 9 nitrogen and oxygen atoms in total. The first-order chi connectivity index (χ1) is 14.5. The molecule has 4 aromatic rings. The molecule has 5 rings (SSSR count). The maximum atomic E-state index is 13.2. The molecule has 2 N–H and O–H groups in total. The van der Waals surface area contributed by atoms with Gasteiger partial charge in [-0.25, -0.2) is 9.97 Å². The Labute approximate surface area is 177 Å². The molecule has 4 heterocycles. The number of fused-ring (bicyclic) bond motifs is 1. The summed E-state index contributed by atoms with van der Waals surface area (Å²) in [4.78, 5) is 22.4. The predicted molar refractivity (Wildman–Crippen MR) is 113 cm³/mol. The molecule has 0 spiro atoms. The quantitative estimate of drug-likeness (QED) is 0.481. The minimum Gasteiger partial charge on any atom is -0.345 e. The molecule has 152 valence electrons. The summed E-state index contributed by atoms with van der Waals surface area (Å²) < 4.78 is 3.96. The molecule has 0 radical (unpaired) electrons. The van der Waals surface area contributed by atoms with Gasteiger partial charge < -0.3 is 9.88 Å². The number of rotatable bonds is 5. The van der Waals surface area contributed by atoms with Crippen LogP contribution in [-0.4, -0.2) is 40.4 Å². The van der Waals surface area contributed by atoms with E-state index in [-0.39, 0.29) is 12.5 Å². The fourth-order valence-corrected chi connectivity index (χ4v) is 3.66. The van der Waals surface area contributed by atoms with Crippen molar-refractivity contribution in [2.75, 3.05) is 0 Å². The van der Waals surface area contributed by atoms with E-state index < -0.39 is 0 Å². The fourth-order valence-electron chi connectivity index (χ4n) is 3.51. The van der Waals surface area contributed by atoms with Crippen LogP contribution in [0.2, 0.25) is 0 Å². The highest BCUT2D eigenvalue weighted by molar-refractivity contribution is 7.71. The molecular weight excluding hydrogens is 400 g/mol. The van der Waals surface area contributed by atoms with Crippen molar-refractivity contribution >= 4 is 29.2 Å². The van der Waals surface area contributed by atoms with E-state index in [1.54, 1.807) is 15.4 Å². The fraction of sp³-hybridized carbons (Fsp3) is 0.300. The van der Waals surface area contributed by atoms with Gasteiger partial charge in [0.25, 0.3) is 5.91 Å². The molecule has 0 bridgehead atoms. The van der Waals surface area contributed by atoms with Gasteiger partial charge in [-0.3, -0.25) is 9.89 Å². The zero-order valence-electron chi connectivity index (χ0n) is 16.6. The molecule has 0 saturated heterocycles. The van der Waals surface area contributed by atoms with Crippen molar-refractivity contribution in [2.24, 2.45) is 7.05 Å². The normalized spacial score (nSPS) is 13.7. The zero-order valence-corrected chi connectivity index (χ0v) is 17.4. The van der Waals surface area contributed by atoms with E-state index in [2.05, 4.69) is 25.6 Å². The molecule has 4 aromatic heterocycles. The van der Waals surface area contributed by atoms with Gasteiger partial charge in [0.05, 0.1) is 23.2 Å². The third kappa shape index (κ3) is 3.18. The Kier molecular flexibility index (Phi) is 4.43. The highest BCUT2D eigenvalue weighted by Gasteiger charge is 2.29. The first-order valence-corrected chi connectivity index (χ1v) is 10.1. The van der Waals surface area contributed by atoms with Gasteiger partial charge in [0, 0.05) is 24.9 Å². The van der Waals surface area contributed by atoms with Crippen LogP contribution in [0.4, 0.5) is 0 Å². The molecule has 1 saturated carbocycles. The number of nitrogens with one attached hydrogen (secondary N) is 2. The summed E-state index contributed by atoms with van der Waals surface area (Å²) >= 11 is 5.14. The second-order valence-electron chi connectivity index (χ2n) is 7.44. The number of hydrogen-bond acceptors (Lipinski definition) is 6. The third-order valence-electron chi connectivity index (χ3n) is 5.32. The Morgan fingerprint density at radius 3 is 2.87 bits per heavy atom. The summed E-state index contributed by atoms with van der Waals surface area (Å²) in [7, 11) is 1.81. The largest absolute Gasteiger partial charge is 0.345 e. The highest BCUT2D eigenvalue weighted by Crippen LogP contribution is 2.40. The van der Waals surface area contributed by atoms with E-state index in [4.69, 9.17) is 17.2 Å². The van der Waals surface area contributed by atoms with E-state index in [0.29, 0.717) is 33.5 Å². The molecule has 0 aromatic carbocycles. The lowest BCUT2D eigenvalue weighted by molar-refractivity contribution is 0.0951. The Balaban J connectivity index is 1.58. The molecule has 30 heavy (non-hydrogen) atoms. The van der Waals surface area contributed by atoms with Crippen LogP contribution in [-0.2, 0) is 13.6 Å². The van der Waals surface area contributed by atoms with Crippen molar-refractivity contribution in [3.05, 3.63) is 58.0 Å². The van der Waals surface area contributed by atoms with Crippen LogP contribution in [0.3, 0.4) is 0 Å². The van der Waals surface area contributed by atoms with Gasteiger partial charge >= 0.3 is 0 Å². The summed E-state index contributed by atoms with van der Waals surface area (Å²) in [5, 5.41) is 15.2. The number of nitrogens with zero attached hydrogens (tertiary/aromatic N) is 6. The average molecular weight is 421 g/mol. The van der Waals surface area contributed by atoms with Gasteiger partial charge in [-0.05, 0) is 50.2 Å². The minimum absolute atomic E-state index is 0.193. The molecule has 1 fully saturated rings. The number of hydrogen-bond donors (Lipinski definition) is 2. The molecule has 1 aliphatic carbocycles. The summed E-state index contributed by atoms with van der Waals surface area (Å²) in [5.74, 6) is 1.52. The number of aryl methyl sites for hydroxylation is 1. The Morgan fingerprint density at radius 2 is 2.20 bits per heavy atom. The van der Waals surface area contributed by atoms with E-state index in [0.717, 1.165) is 29.6 Å². The van der Waals surface area contributed by atoms with Crippen LogP contribution in [0, 0.1) is 11.7 Å². The van der Waals surface area contributed by atoms with Gasteiger partial charge in [0.15, 0.2) is 22.1 Å². The smallest absolute Gasteiger partial charge is 0.252 e. The average Bonchev–Trinajstić information content (AvgIpc) is 3.50. The van der Waals surface area contributed by atoms with Gasteiger partial charge in [0.1, 0.15) is 0 Å². The number of aromatic amines is 1. The van der Waals surface area contributed by atoms with E-state index in [1.165, 1.54) is 0 Å². The number of pyridine rings is 2. The third-order valence-corrected chi connectivity index (χ3v) is 5.68. The molecule has 1 amide bonds. The van der Waals surface area contributed by atoms with E-state index >= 15 is 0 Å². The molecular formula is C20H20N8OS. The lowest BCUT2D eigenvalue weighted by atomic mass is 10.1. The predicted octanol–water partition coefficient (Wildman–Crippen LogP) is 2.72. The first-order valence-electron chi connectivity index (χ1n) is 9.73. The van der Waals surface area contributed by atoms with Crippen LogP contribution in [0.15, 0.2) is 30.5 Å². The highest BCUT2D eigenvalue weighted by atomic mass is 32.1. The van der Waals surface area contributed by atoms with Crippen molar-refractivity contribution in [3.63, 3.8) is 0 Å². The summed E-state index contributed by atoms with van der Waals surface area (Å²) in [6.07, 6.45) is 3.88. The van der Waals surface area contributed by atoms with Crippen LogP contribution in [0.25, 0.3) is 16.9 Å². The van der Waals surface area contributed by atoms with E-state index in [1.807, 2.05) is 38.2 Å². The van der Waals surface area contributed by atoms with E-state index in [9.17, 15) is 4.79 Å². The number of carbonyl (C=O) groups excluding carboxylic acids is 1. The van der Waals surface area contributed by atoms with Gasteiger partial charge in [-0.15, -0.1) is 0 Å².